The molecule has 1 aromatic heterocycles. The Balaban J connectivity index is 1.68. The Morgan fingerprint density at radius 1 is 1.38 bits per heavy atom. The predicted octanol–water partition coefficient (Wildman–Crippen LogP) is 2.63. The number of likely N-dealkylation sites (tertiary alicyclic amines) is 2. The normalized spacial score (nSPS) is 22.0. The summed E-state index contributed by atoms with van der Waals surface area (Å²) in [4.78, 5) is 17.4. The summed E-state index contributed by atoms with van der Waals surface area (Å²) in [5.74, 6) is 0.789. The van der Waals surface area contributed by atoms with Crippen LogP contribution in [0, 0.1) is 0 Å². The second-order valence-electron chi connectivity index (χ2n) is 7.08. The molecule has 0 aromatic carbocycles. The van der Waals surface area contributed by atoms with Gasteiger partial charge in [-0.25, -0.2) is 4.79 Å². The van der Waals surface area contributed by atoms with E-state index in [2.05, 4.69) is 22.2 Å². The maximum absolute atomic E-state index is 13.0. The highest BCUT2D eigenvalue weighted by atomic mass is 16.5. The van der Waals surface area contributed by atoms with Crippen LogP contribution >= 0.6 is 0 Å². The molecule has 2 aliphatic heterocycles. The lowest BCUT2D eigenvalue weighted by molar-refractivity contribution is 0.0802. The van der Waals surface area contributed by atoms with Gasteiger partial charge in [0, 0.05) is 38.9 Å². The summed E-state index contributed by atoms with van der Waals surface area (Å²) in [6, 6.07) is 3.66. The minimum atomic E-state index is -0.142. The van der Waals surface area contributed by atoms with Crippen molar-refractivity contribution in [2.24, 2.45) is 0 Å². The molecule has 3 rings (SSSR count). The second-order valence-corrected chi connectivity index (χ2v) is 7.08. The summed E-state index contributed by atoms with van der Waals surface area (Å²) in [5.41, 5.74) is 0.0472. The zero-order chi connectivity index (χ0) is 17.0. The van der Waals surface area contributed by atoms with Gasteiger partial charge in [-0.3, -0.25) is 0 Å². The van der Waals surface area contributed by atoms with E-state index < -0.39 is 0 Å². The zero-order valence-electron chi connectivity index (χ0n) is 14.8. The molecule has 0 radical (unpaired) electrons. The molecule has 1 N–H and O–H groups in total. The number of piperidine rings is 1. The van der Waals surface area contributed by atoms with Crippen LogP contribution in [-0.2, 0) is 4.74 Å². The molecule has 2 fully saturated rings. The molecule has 0 unspecified atom stereocenters. The van der Waals surface area contributed by atoms with Crippen LogP contribution in [0.15, 0.2) is 22.8 Å². The number of carbonyl (C=O) groups excluding carboxylic acids is 1. The molecule has 24 heavy (non-hydrogen) atoms. The number of methoxy groups -OCH3 is 1. The molecule has 2 saturated heterocycles. The van der Waals surface area contributed by atoms with Crippen molar-refractivity contribution in [3.63, 3.8) is 0 Å². The van der Waals surface area contributed by atoms with E-state index in [9.17, 15) is 4.79 Å². The van der Waals surface area contributed by atoms with E-state index in [1.807, 2.05) is 12.1 Å². The number of hydrogen-bond acceptors (Lipinski definition) is 4. The van der Waals surface area contributed by atoms with Gasteiger partial charge in [-0.1, -0.05) is 0 Å². The van der Waals surface area contributed by atoms with Gasteiger partial charge in [0.15, 0.2) is 0 Å². The number of furan rings is 1. The lowest BCUT2D eigenvalue weighted by Crippen LogP contribution is -2.56. The van der Waals surface area contributed by atoms with E-state index in [0.717, 1.165) is 51.1 Å². The fourth-order valence-corrected chi connectivity index (χ4v) is 4.05. The lowest BCUT2D eigenvalue weighted by Gasteiger charge is -2.44. The smallest absolute Gasteiger partial charge is 0.318 e. The van der Waals surface area contributed by atoms with Crippen LogP contribution in [0.5, 0.6) is 0 Å². The lowest BCUT2D eigenvalue weighted by atomic mass is 9.85. The quantitative estimate of drug-likeness (QED) is 0.899. The molecule has 2 aliphatic rings. The first-order valence-corrected chi connectivity index (χ1v) is 8.94. The molecule has 1 aromatic rings. The van der Waals surface area contributed by atoms with Gasteiger partial charge in [0.1, 0.15) is 5.76 Å². The Hall–Kier alpha value is -1.53. The summed E-state index contributed by atoms with van der Waals surface area (Å²) in [6.45, 7) is 3.57. The van der Waals surface area contributed by atoms with E-state index in [1.165, 1.54) is 0 Å². The Morgan fingerprint density at radius 3 is 2.83 bits per heavy atom. The molecule has 6 heteroatoms. The third kappa shape index (κ3) is 3.59. The van der Waals surface area contributed by atoms with Crippen molar-refractivity contribution in [1.29, 1.82) is 0 Å². The largest absolute Gasteiger partial charge is 0.467 e. The van der Waals surface area contributed by atoms with E-state index in [1.54, 1.807) is 13.4 Å². The van der Waals surface area contributed by atoms with Gasteiger partial charge >= 0.3 is 6.03 Å². The standard InChI is InChI=1S/C18H29N3O3/c1-20-11-8-18(9-12-20)7-4-10-21(18)17(22)19-15(6-14-23-2)16-5-3-13-24-16/h3,5,13,15H,4,6-12,14H2,1-2H3,(H,19,22)/t15-/m1/s1. The van der Waals surface area contributed by atoms with E-state index in [4.69, 9.17) is 9.15 Å². The summed E-state index contributed by atoms with van der Waals surface area (Å²) in [5, 5.41) is 3.18. The van der Waals surface area contributed by atoms with Crippen LogP contribution in [-0.4, -0.2) is 61.8 Å². The Bertz CT molecular complexity index is 524. The van der Waals surface area contributed by atoms with Gasteiger partial charge in [0.25, 0.3) is 0 Å². The molecule has 1 spiro atoms. The van der Waals surface area contributed by atoms with Gasteiger partial charge < -0.3 is 24.3 Å². The van der Waals surface area contributed by atoms with Crippen molar-refractivity contribution in [3.8, 4) is 0 Å². The van der Waals surface area contributed by atoms with Crippen molar-refractivity contribution in [2.75, 3.05) is 40.4 Å². The third-order valence-electron chi connectivity index (χ3n) is 5.55. The van der Waals surface area contributed by atoms with Crippen LogP contribution in [0.2, 0.25) is 0 Å². The Labute approximate surface area is 144 Å². The number of nitrogens with one attached hydrogen (secondary N) is 1. The molecule has 1 atom stereocenters. The highest BCUT2D eigenvalue weighted by molar-refractivity contribution is 5.76. The first kappa shape index (κ1) is 17.3. The first-order valence-electron chi connectivity index (χ1n) is 8.94. The van der Waals surface area contributed by atoms with E-state index in [-0.39, 0.29) is 17.6 Å². The zero-order valence-corrected chi connectivity index (χ0v) is 14.8. The molecular formula is C18H29N3O3. The molecule has 0 bridgehead atoms. The number of hydrogen-bond donors (Lipinski definition) is 1. The summed E-state index contributed by atoms with van der Waals surface area (Å²) in [6.07, 6.45) is 6.72. The topological polar surface area (TPSA) is 58.0 Å². The Morgan fingerprint density at radius 2 is 2.17 bits per heavy atom. The molecule has 6 nitrogen and oxygen atoms in total. The van der Waals surface area contributed by atoms with E-state index >= 15 is 0 Å². The first-order chi connectivity index (χ1) is 11.6. The maximum Gasteiger partial charge on any atom is 0.318 e. The van der Waals surface area contributed by atoms with Crippen molar-refractivity contribution < 1.29 is 13.9 Å². The van der Waals surface area contributed by atoms with Crippen molar-refractivity contribution >= 4 is 6.03 Å². The molecule has 2 amide bonds. The van der Waals surface area contributed by atoms with Crippen LogP contribution < -0.4 is 5.32 Å². The minimum Gasteiger partial charge on any atom is -0.467 e. The van der Waals surface area contributed by atoms with Crippen molar-refractivity contribution in [3.05, 3.63) is 24.2 Å². The molecule has 0 aliphatic carbocycles. The molecular weight excluding hydrogens is 306 g/mol. The SMILES string of the molecule is COCC[C@@H](NC(=O)N1CCCC12CCN(C)CC2)c1ccco1. The molecule has 0 saturated carbocycles. The summed E-state index contributed by atoms with van der Waals surface area (Å²) < 4.78 is 10.7. The average molecular weight is 335 g/mol. The van der Waals surface area contributed by atoms with Crippen LogP contribution in [0.25, 0.3) is 0 Å². The molecule has 134 valence electrons. The van der Waals surface area contributed by atoms with Crippen molar-refractivity contribution in [1.82, 2.24) is 15.1 Å². The van der Waals surface area contributed by atoms with Gasteiger partial charge in [0.2, 0.25) is 0 Å². The van der Waals surface area contributed by atoms with Gasteiger partial charge in [-0.05, 0) is 51.3 Å². The number of carbonyl (C=O) groups is 1. The summed E-state index contributed by atoms with van der Waals surface area (Å²) >= 11 is 0. The highest BCUT2D eigenvalue weighted by Crippen LogP contribution is 2.38. The second kappa shape index (κ2) is 7.57. The van der Waals surface area contributed by atoms with Crippen LogP contribution in [0.3, 0.4) is 0 Å². The van der Waals surface area contributed by atoms with Crippen LogP contribution in [0.1, 0.15) is 43.9 Å². The van der Waals surface area contributed by atoms with Crippen LogP contribution in [0.4, 0.5) is 4.79 Å². The Kier molecular flexibility index (Phi) is 5.46. The monoisotopic (exact) mass is 335 g/mol. The predicted molar refractivity (Wildman–Crippen MR) is 91.9 cm³/mol. The van der Waals surface area contributed by atoms with Gasteiger partial charge in [-0.15, -0.1) is 0 Å². The number of urea groups is 1. The van der Waals surface area contributed by atoms with Gasteiger partial charge in [-0.2, -0.15) is 0 Å². The molecule has 3 heterocycles. The number of amides is 2. The fourth-order valence-electron chi connectivity index (χ4n) is 4.05. The fraction of sp³-hybridized carbons (Fsp3) is 0.722. The highest BCUT2D eigenvalue weighted by Gasteiger charge is 2.45. The number of rotatable bonds is 5. The summed E-state index contributed by atoms with van der Waals surface area (Å²) in [7, 11) is 3.83. The number of ether oxygens (including phenoxy) is 1. The van der Waals surface area contributed by atoms with E-state index in [0.29, 0.717) is 13.0 Å². The average Bonchev–Trinajstić information content (AvgIpc) is 3.24. The van der Waals surface area contributed by atoms with Crippen molar-refractivity contribution in [2.45, 2.75) is 43.7 Å². The number of nitrogens with zero attached hydrogens (tertiary/aromatic N) is 2. The third-order valence-corrected chi connectivity index (χ3v) is 5.55. The van der Waals surface area contributed by atoms with Gasteiger partial charge in [0.05, 0.1) is 12.3 Å². The maximum atomic E-state index is 13.0. The minimum absolute atomic E-state index is 0.0366.